The van der Waals surface area contributed by atoms with Crippen LogP contribution in [0.1, 0.15) is 10.4 Å². The number of aromatic nitrogens is 1. The van der Waals surface area contributed by atoms with Crippen LogP contribution in [-0.4, -0.2) is 4.98 Å². The standard InChI is InChI=1S/C11H9N3OS/c12-5-8-1-3-9(4-2-8)15-7-10-6-14-11(13)16-10/h1-4,6H,7H2,(H2,13,14). The van der Waals surface area contributed by atoms with Gasteiger partial charge in [0.1, 0.15) is 12.4 Å². The topological polar surface area (TPSA) is 71.9 Å². The Kier molecular flexibility index (Phi) is 3.03. The molecular weight excluding hydrogens is 222 g/mol. The average Bonchev–Trinajstić information content (AvgIpc) is 2.73. The van der Waals surface area contributed by atoms with Crippen LogP contribution in [0.4, 0.5) is 5.13 Å². The lowest BCUT2D eigenvalue weighted by molar-refractivity contribution is 0.309. The second-order valence-corrected chi connectivity index (χ2v) is 4.24. The highest BCUT2D eigenvalue weighted by Gasteiger charge is 2.00. The first-order valence-electron chi connectivity index (χ1n) is 4.61. The fourth-order valence-electron chi connectivity index (χ4n) is 1.17. The molecule has 80 valence electrons. The van der Waals surface area contributed by atoms with Gasteiger partial charge in [0.05, 0.1) is 16.5 Å². The van der Waals surface area contributed by atoms with E-state index in [0.717, 1.165) is 10.6 Å². The summed E-state index contributed by atoms with van der Waals surface area (Å²) < 4.78 is 5.51. The zero-order valence-corrected chi connectivity index (χ0v) is 9.20. The molecular formula is C11H9N3OS. The van der Waals surface area contributed by atoms with Crippen LogP contribution in [0.15, 0.2) is 30.5 Å². The first-order chi connectivity index (χ1) is 7.78. The Hall–Kier alpha value is -2.06. The van der Waals surface area contributed by atoms with Crippen molar-refractivity contribution < 1.29 is 4.74 Å². The Balaban J connectivity index is 1.97. The Morgan fingerprint density at radius 3 is 2.69 bits per heavy atom. The van der Waals surface area contributed by atoms with E-state index in [-0.39, 0.29) is 0 Å². The van der Waals surface area contributed by atoms with E-state index >= 15 is 0 Å². The monoisotopic (exact) mass is 231 g/mol. The van der Waals surface area contributed by atoms with Crippen molar-refractivity contribution >= 4 is 16.5 Å². The summed E-state index contributed by atoms with van der Waals surface area (Å²) in [7, 11) is 0. The molecule has 0 aliphatic rings. The molecule has 0 atom stereocenters. The zero-order chi connectivity index (χ0) is 11.4. The molecule has 0 aliphatic heterocycles. The minimum Gasteiger partial charge on any atom is -0.488 e. The largest absolute Gasteiger partial charge is 0.488 e. The van der Waals surface area contributed by atoms with Gasteiger partial charge in [0, 0.05) is 6.20 Å². The molecule has 0 bridgehead atoms. The van der Waals surface area contributed by atoms with Crippen molar-refractivity contribution in [3.05, 3.63) is 40.9 Å². The molecule has 0 aliphatic carbocycles. The highest BCUT2D eigenvalue weighted by Crippen LogP contribution is 2.18. The molecule has 2 N–H and O–H groups in total. The number of nitrogens with zero attached hydrogens (tertiary/aromatic N) is 2. The number of nitrogens with two attached hydrogens (primary N) is 1. The Morgan fingerprint density at radius 1 is 1.38 bits per heavy atom. The molecule has 5 heteroatoms. The molecule has 4 nitrogen and oxygen atoms in total. The van der Waals surface area contributed by atoms with Crippen LogP contribution in [0.25, 0.3) is 0 Å². The third-order valence-electron chi connectivity index (χ3n) is 1.94. The summed E-state index contributed by atoms with van der Waals surface area (Å²) in [6.07, 6.45) is 1.70. The van der Waals surface area contributed by atoms with Crippen LogP contribution in [0, 0.1) is 11.3 Å². The molecule has 2 rings (SSSR count). The van der Waals surface area contributed by atoms with Gasteiger partial charge < -0.3 is 10.5 Å². The lowest BCUT2D eigenvalue weighted by atomic mass is 10.2. The predicted molar refractivity (Wildman–Crippen MR) is 62.0 cm³/mol. The van der Waals surface area contributed by atoms with Gasteiger partial charge in [0.25, 0.3) is 0 Å². The maximum Gasteiger partial charge on any atom is 0.180 e. The molecule has 0 spiro atoms. The third kappa shape index (κ3) is 2.49. The van der Waals surface area contributed by atoms with Crippen LogP contribution in [0.2, 0.25) is 0 Å². The molecule has 16 heavy (non-hydrogen) atoms. The molecule has 0 unspecified atom stereocenters. The highest BCUT2D eigenvalue weighted by molar-refractivity contribution is 7.15. The first-order valence-corrected chi connectivity index (χ1v) is 5.43. The Morgan fingerprint density at radius 2 is 2.12 bits per heavy atom. The van der Waals surface area contributed by atoms with Crippen molar-refractivity contribution in [2.75, 3.05) is 5.73 Å². The number of hydrogen-bond donors (Lipinski definition) is 1. The van der Waals surface area contributed by atoms with Crippen molar-refractivity contribution in [2.45, 2.75) is 6.61 Å². The van der Waals surface area contributed by atoms with Crippen molar-refractivity contribution in [1.29, 1.82) is 5.26 Å². The van der Waals surface area contributed by atoms with E-state index in [1.807, 2.05) is 0 Å². The fraction of sp³-hybridized carbons (Fsp3) is 0.0909. The van der Waals surface area contributed by atoms with Gasteiger partial charge in [-0.3, -0.25) is 0 Å². The van der Waals surface area contributed by atoms with Gasteiger partial charge in [0.15, 0.2) is 5.13 Å². The van der Waals surface area contributed by atoms with E-state index < -0.39 is 0 Å². The fourth-order valence-corrected chi connectivity index (χ4v) is 1.77. The van der Waals surface area contributed by atoms with Crippen LogP contribution in [0.5, 0.6) is 5.75 Å². The second-order valence-electron chi connectivity index (χ2n) is 3.09. The quantitative estimate of drug-likeness (QED) is 0.878. The van der Waals surface area contributed by atoms with Crippen molar-refractivity contribution in [3.8, 4) is 11.8 Å². The van der Waals surface area contributed by atoms with E-state index in [4.69, 9.17) is 15.7 Å². The summed E-state index contributed by atoms with van der Waals surface area (Å²) in [5.74, 6) is 0.728. The number of nitriles is 1. The lowest BCUT2D eigenvalue weighted by Gasteiger charge is -2.03. The minimum atomic E-state index is 0.445. The van der Waals surface area contributed by atoms with Crippen LogP contribution in [0.3, 0.4) is 0 Å². The van der Waals surface area contributed by atoms with Gasteiger partial charge in [-0.15, -0.1) is 0 Å². The van der Waals surface area contributed by atoms with E-state index in [1.165, 1.54) is 11.3 Å². The number of hydrogen-bond acceptors (Lipinski definition) is 5. The number of benzene rings is 1. The molecule has 0 amide bonds. The molecule has 2 aromatic rings. The van der Waals surface area contributed by atoms with Crippen LogP contribution >= 0.6 is 11.3 Å². The van der Waals surface area contributed by atoms with E-state index in [1.54, 1.807) is 30.5 Å². The van der Waals surface area contributed by atoms with Crippen molar-refractivity contribution in [3.63, 3.8) is 0 Å². The Labute approximate surface area is 96.9 Å². The van der Waals surface area contributed by atoms with E-state index in [2.05, 4.69) is 11.1 Å². The predicted octanol–water partition coefficient (Wildman–Crippen LogP) is 2.18. The van der Waals surface area contributed by atoms with E-state index in [9.17, 15) is 0 Å². The smallest absolute Gasteiger partial charge is 0.180 e. The number of thiazole rings is 1. The molecule has 0 radical (unpaired) electrons. The molecule has 1 aromatic carbocycles. The summed E-state index contributed by atoms with van der Waals surface area (Å²) in [4.78, 5) is 4.90. The van der Waals surface area contributed by atoms with Gasteiger partial charge in [0.2, 0.25) is 0 Å². The minimum absolute atomic E-state index is 0.445. The SMILES string of the molecule is N#Cc1ccc(OCc2cnc(N)s2)cc1. The summed E-state index contributed by atoms with van der Waals surface area (Å²) >= 11 is 1.40. The third-order valence-corrected chi connectivity index (χ3v) is 2.74. The summed E-state index contributed by atoms with van der Waals surface area (Å²) in [6, 6.07) is 9.02. The molecule has 0 saturated carbocycles. The summed E-state index contributed by atoms with van der Waals surface area (Å²) in [5.41, 5.74) is 6.12. The van der Waals surface area contributed by atoms with Gasteiger partial charge >= 0.3 is 0 Å². The van der Waals surface area contributed by atoms with E-state index in [0.29, 0.717) is 17.3 Å². The first kappa shape index (κ1) is 10.5. The number of nitrogen functional groups attached to an aromatic ring is 1. The molecule has 1 aromatic heterocycles. The van der Waals surface area contributed by atoms with Gasteiger partial charge in [-0.1, -0.05) is 11.3 Å². The van der Waals surface area contributed by atoms with Gasteiger partial charge in [-0.05, 0) is 24.3 Å². The normalized spacial score (nSPS) is 9.69. The zero-order valence-electron chi connectivity index (χ0n) is 8.38. The molecule has 0 fully saturated rings. The number of ether oxygens (including phenoxy) is 1. The van der Waals surface area contributed by atoms with Crippen molar-refractivity contribution in [1.82, 2.24) is 4.98 Å². The van der Waals surface area contributed by atoms with Crippen molar-refractivity contribution in [2.24, 2.45) is 0 Å². The number of anilines is 1. The second kappa shape index (κ2) is 4.64. The van der Waals surface area contributed by atoms with Crippen LogP contribution in [-0.2, 0) is 6.61 Å². The molecule has 0 saturated heterocycles. The molecule has 1 heterocycles. The Bertz CT molecular complexity index is 513. The van der Waals surface area contributed by atoms with Crippen LogP contribution < -0.4 is 10.5 Å². The highest BCUT2D eigenvalue weighted by atomic mass is 32.1. The summed E-state index contributed by atoms with van der Waals surface area (Å²) in [5, 5.41) is 9.17. The number of rotatable bonds is 3. The maximum absolute atomic E-state index is 8.63. The maximum atomic E-state index is 8.63. The average molecular weight is 231 g/mol. The van der Waals surface area contributed by atoms with Gasteiger partial charge in [-0.25, -0.2) is 4.98 Å². The van der Waals surface area contributed by atoms with Gasteiger partial charge in [-0.2, -0.15) is 5.26 Å². The lowest BCUT2D eigenvalue weighted by Crippen LogP contribution is -1.92. The summed E-state index contributed by atoms with van der Waals surface area (Å²) in [6.45, 7) is 0.445.